The molecule has 1 aliphatic heterocycles. The van der Waals surface area contributed by atoms with Crippen LogP contribution in [0, 0.1) is 10.1 Å². The first kappa shape index (κ1) is 29.7. The summed E-state index contributed by atoms with van der Waals surface area (Å²) in [7, 11) is 0. The van der Waals surface area contributed by atoms with Crippen molar-refractivity contribution < 1.29 is 14.5 Å². The minimum Gasteiger partial charge on any atom is -0.488 e. The molecule has 0 radical (unpaired) electrons. The van der Waals surface area contributed by atoms with Crippen molar-refractivity contribution in [1.82, 2.24) is 4.57 Å². The Labute approximate surface area is 266 Å². The highest BCUT2D eigenvalue weighted by Gasteiger charge is 2.32. The molecular formula is C34H25ClN4O5S. The molecule has 2 heterocycles. The zero-order valence-corrected chi connectivity index (χ0v) is 25.4. The lowest BCUT2D eigenvalue weighted by atomic mass is 9.95. The van der Waals surface area contributed by atoms with E-state index < -0.39 is 11.0 Å². The average molecular weight is 637 g/mol. The number of carbonyl (C=O) groups is 1. The maximum absolute atomic E-state index is 14.1. The van der Waals surface area contributed by atoms with E-state index in [4.69, 9.17) is 21.3 Å². The number of amides is 1. The number of hydrogen-bond acceptors (Lipinski definition) is 7. The molecule has 1 amide bonds. The van der Waals surface area contributed by atoms with Crippen LogP contribution in [-0.2, 0) is 11.4 Å². The van der Waals surface area contributed by atoms with E-state index in [9.17, 15) is 19.7 Å². The fourth-order valence-electron chi connectivity index (χ4n) is 5.09. The van der Waals surface area contributed by atoms with Crippen LogP contribution in [0.25, 0.3) is 6.08 Å². The number of non-ortho nitro benzene ring substituents is 1. The molecule has 0 fully saturated rings. The predicted octanol–water partition coefficient (Wildman–Crippen LogP) is 6.01. The van der Waals surface area contributed by atoms with Gasteiger partial charge in [0.05, 0.1) is 26.8 Å². The fraction of sp³-hybridized carbons (Fsp3) is 0.0882. The highest BCUT2D eigenvalue weighted by Crippen LogP contribution is 2.31. The van der Waals surface area contributed by atoms with Crippen molar-refractivity contribution >= 4 is 46.3 Å². The molecule has 0 saturated carbocycles. The van der Waals surface area contributed by atoms with Crippen molar-refractivity contribution in [1.29, 1.82) is 0 Å². The van der Waals surface area contributed by atoms with Crippen LogP contribution < -0.4 is 24.9 Å². The zero-order valence-electron chi connectivity index (χ0n) is 23.8. The highest BCUT2D eigenvalue weighted by molar-refractivity contribution is 7.07. The smallest absolute Gasteiger partial charge is 0.271 e. The molecule has 9 nitrogen and oxygen atoms in total. The molecule has 6 rings (SSSR count). The number of halogens is 1. The summed E-state index contributed by atoms with van der Waals surface area (Å²) in [6.07, 6.45) is 1.73. The third-order valence-electron chi connectivity index (χ3n) is 7.21. The molecule has 1 atom stereocenters. The number of thiazole rings is 1. The third kappa shape index (κ3) is 6.33. The Balaban J connectivity index is 1.40. The van der Waals surface area contributed by atoms with Crippen molar-refractivity contribution in [3.05, 3.63) is 166 Å². The topological polar surface area (TPSA) is 116 Å². The standard InChI is InChI=1S/C34H25ClN4O5S/c1-21-30(32(40)37-26-10-3-2-4-11-26)31(23-14-16-25(35)17-15-23)38-33(41)29(45-34(38)36-21)19-24-9-5-6-13-28(24)44-20-22-8-7-12-27(18-22)39(42)43/h2-19,31H,20H2,1H3,(H,37,40)/b29-19+/t31-/m1/s1. The number of allylic oxidation sites excluding steroid dienone is 1. The molecule has 0 unspecified atom stereocenters. The van der Waals surface area contributed by atoms with Gasteiger partial charge in [-0.05, 0) is 54.5 Å². The molecule has 1 aliphatic rings. The van der Waals surface area contributed by atoms with Gasteiger partial charge in [-0.2, -0.15) is 0 Å². The number of hydrogen-bond donors (Lipinski definition) is 1. The summed E-state index contributed by atoms with van der Waals surface area (Å²) < 4.78 is 7.98. The van der Waals surface area contributed by atoms with Crippen LogP contribution >= 0.6 is 22.9 Å². The summed E-state index contributed by atoms with van der Waals surface area (Å²) >= 11 is 7.40. The molecule has 1 N–H and O–H groups in total. The van der Waals surface area contributed by atoms with E-state index in [1.165, 1.54) is 23.5 Å². The molecule has 0 aliphatic carbocycles. The molecule has 0 spiro atoms. The fourth-order valence-corrected chi connectivity index (χ4v) is 6.25. The van der Waals surface area contributed by atoms with Gasteiger partial charge in [0.2, 0.25) is 0 Å². The summed E-state index contributed by atoms with van der Waals surface area (Å²) in [6, 6.07) is 28.9. The van der Waals surface area contributed by atoms with Crippen molar-refractivity contribution in [2.45, 2.75) is 19.6 Å². The second-order valence-corrected chi connectivity index (χ2v) is 11.7. The molecule has 0 bridgehead atoms. The Hall–Kier alpha value is -5.32. The van der Waals surface area contributed by atoms with E-state index in [0.717, 1.165) is 0 Å². The Morgan fingerprint density at radius 2 is 1.78 bits per heavy atom. The Morgan fingerprint density at radius 3 is 2.53 bits per heavy atom. The average Bonchev–Trinajstić information content (AvgIpc) is 3.34. The molecule has 4 aromatic carbocycles. The number of fused-ring (bicyclic) bond motifs is 1. The van der Waals surface area contributed by atoms with E-state index in [2.05, 4.69) is 5.32 Å². The number of rotatable bonds is 8. The molecule has 0 saturated heterocycles. The van der Waals surface area contributed by atoms with E-state index in [-0.39, 0.29) is 23.8 Å². The molecule has 45 heavy (non-hydrogen) atoms. The summed E-state index contributed by atoms with van der Waals surface area (Å²) in [5.41, 5.74) is 3.12. The van der Waals surface area contributed by atoms with Crippen LogP contribution in [0.15, 0.2) is 124 Å². The number of nitro benzene ring substituents is 1. The Morgan fingerprint density at radius 1 is 1.04 bits per heavy atom. The van der Waals surface area contributed by atoms with Gasteiger partial charge < -0.3 is 10.1 Å². The number of nitrogens with zero attached hydrogens (tertiary/aromatic N) is 3. The van der Waals surface area contributed by atoms with Gasteiger partial charge in [0.15, 0.2) is 4.80 Å². The van der Waals surface area contributed by atoms with Gasteiger partial charge in [-0.15, -0.1) is 0 Å². The first-order valence-electron chi connectivity index (χ1n) is 13.9. The number of anilines is 1. The second kappa shape index (κ2) is 12.7. The van der Waals surface area contributed by atoms with Crippen molar-refractivity contribution in [2.75, 3.05) is 5.32 Å². The number of para-hydroxylation sites is 2. The minimum absolute atomic E-state index is 0.0205. The first-order chi connectivity index (χ1) is 21.8. The van der Waals surface area contributed by atoms with E-state index in [0.29, 0.717) is 53.8 Å². The molecule has 5 aromatic rings. The van der Waals surface area contributed by atoms with Crippen molar-refractivity contribution in [3.63, 3.8) is 0 Å². The van der Waals surface area contributed by atoms with Crippen LogP contribution in [0.2, 0.25) is 5.02 Å². The van der Waals surface area contributed by atoms with E-state index in [1.807, 2.05) is 36.4 Å². The molecule has 224 valence electrons. The number of nitrogens with one attached hydrogen (secondary N) is 1. The van der Waals surface area contributed by atoms with Gasteiger partial charge in [0, 0.05) is 28.4 Å². The molecule has 11 heteroatoms. The van der Waals surface area contributed by atoms with Crippen LogP contribution in [-0.4, -0.2) is 15.4 Å². The number of ether oxygens (including phenoxy) is 1. The largest absolute Gasteiger partial charge is 0.488 e. The minimum atomic E-state index is -0.746. The van der Waals surface area contributed by atoms with E-state index in [1.54, 1.807) is 72.2 Å². The lowest BCUT2D eigenvalue weighted by molar-refractivity contribution is -0.384. The Bertz CT molecular complexity index is 2140. The lowest BCUT2D eigenvalue weighted by Crippen LogP contribution is -2.40. The molecule has 1 aromatic heterocycles. The van der Waals surface area contributed by atoms with Crippen LogP contribution in [0.4, 0.5) is 11.4 Å². The summed E-state index contributed by atoms with van der Waals surface area (Å²) in [4.78, 5) is 43.7. The third-order valence-corrected chi connectivity index (χ3v) is 8.44. The normalized spacial score (nSPS) is 14.4. The van der Waals surface area contributed by atoms with Gasteiger partial charge in [-0.3, -0.25) is 24.3 Å². The van der Waals surface area contributed by atoms with Gasteiger partial charge in [-0.1, -0.05) is 83.6 Å². The quantitative estimate of drug-likeness (QED) is 0.165. The zero-order chi connectivity index (χ0) is 31.5. The van der Waals surface area contributed by atoms with Crippen LogP contribution in [0.1, 0.15) is 29.7 Å². The summed E-state index contributed by atoms with van der Waals surface area (Å²) in [5.74, 6) is 0.139. The van der Waals surface area contributed by atoms with Crippen molar-refractivity contribution in [3.8, 4) is 5.75 Å². The summed E-state index contributed by atoms with van der Waals surface area (Å²) in [6.45, 7) is 1.86. The maximum Gasteiger partial charge on any atom is 0.271 e. The monoisotopic (exact) mass is 636 g/mol. The number of nitro groups is 1. The van der Waals surface area contributed by atoms with Gasteiger partial charge >= 0.3 is 0 Å². The Kier molecular flexibility index (Phi) is 8.41. The van der Waals surface area contributed by atoms with Crippen LogP contribution in [0.5, 0.6) is 5.75 Å². The SMILES string of the molecule is CC1=C(C(=O)Nc2ccccc2)[C@@H](c2ccc(Cl)cc2)n2c(s/c(=C/c3ccccc3OCc3cccc([N+](=O)[O-])c3)c2=O)=N1. The van der Waals surface area contributed by atoms with Crippen LogP contribution in [0.3, 0.4) is 0 Å². The highest BCUT2D eigenvalue weighted by atomic mass is 35.5. The number of benzene rings is 4. The molecular weight excluding hydrogens is 612 g/mol. The van der Waals surface area contributed by atoms with E-state index >= 15 is 0 Å². The van der Waals surface area contributed by atoms with Gasteiger partial charge in [0.25, 0.3) is 17.2 Å². The lowest BCUT2D eigenvalue weighted by Gasteiger charge is -2.25. The second-order valence-electron chi connectivity index (χ2n) is 10.2. The summed E-state index contributed by atoms with van der Waals surface area (Å²) in [5, 5.41) is 14.6. The van der Waals surface area contributed by atoms with Crippen molar-refractivity contribution in [2.24, 2.45) is 4.99 Å². The maximum atomic E-state index is 14.1. The number of carbonyl (C=O) groups excluding carboxylic acids is 1. The van der Waals surface area contributed by atoms with Gasteiger partial charge in [-0.25, -0.2) is 4.99 Å². The van der Waals surface area contributed by atoms with Gasteiger partial charge in [0.1, 0.15) is 12.4 Å². The number of aromatic nitrogens is 1. The predicted molar refractivity (Wildman–Crippen MR) is 174 cm³/mol. The first-order valence-corrected chi connectivity index (χ1v) is 15.1.